The van der Waals surface area contributed by atoms with E-state index in [4.69, 9.17) is 0 Å². The number of ketones is 1. The largest absolute Gasteiger partial charge is 0.292 e. The summed E-state index contributed by atoms with van der Waals surface area (Å²) in [5.41, 5.74) is -0.258. The number of hydrogen-bond acceptors (Lipinski definition) is 2. The Morgan fingerprint density at radius 3 is 2.25 bits per heavy atom. The number of Topliss-reactive ketones (excluding diaryl/α,β-unsaturated/α-hetero) is 1. The summed E-state index contributed by atoms with van der Waals surface area (Å²) in [6, 6.07) is 3.46. The van der Waals surface area contributed by atoms with E-state index in [0.29, 0.717) is 0 Å². The van der Waals surface area contributed by atoms with E-state index in [1.54, 1.807) is 0 Å². The van der Waals surface area contributed by atoms with Crippen molar-refractivity contribution in [3.63, 3.8) is 0 Å². The number of halogens is 2. The lowest BCUT2D eigenvalue weighted by molar-refractivity contribution is 0.0584. The smallest absolute Gasteiger partial charge is 0.183 e. The Kier molecular flexibility index (Phi) is 4.53. The molecule has 1 saturated carbocycles. The molecule has 0 atom stereocenters. The molecule has 1 fully saturated rings. The van der Waals surface area contributed by atoms with Crippen LogP contribution in [-0.2, 0) is 0 Å². The molecule has 0 radical (unpaired) electrons. The zero-order chi connectivity index (χ0) is 14.8. The van der Waals surface area contributed by atoms with Gasteiger partial charge in [-0.2, -0.15) is 0 Å². The number of carbonyl (C=O) groups is 1. The third-order valence-corrected chi connectivity index (χ3v) is 4.40. The van der Waals surface area contributed by atoms with Crippen molar-refractivity contribution >= 4 is 5.78 Å². The lowest BCUT2D eigenvalue weighted by atomic mass is 9.85. The van der Waals surface area contributed by atoms with Gasteiger partial charge in [-0.05, 0) is 44.1 Å². The van der Waals surface area contributed by atoms with Gasteiger partial charge in [0.15, 0.2) is 17.4 Å². The van der Waals surface area contributed by atoms with Gasteiger partial charge in [0, 0.05) is 5.56 Å². The van der Waals surface area contributed by atoms with Gasteiger partial charge in [0.2, 0.25) is 0 Å². The van der Waals surface area contributed by atoms with E-state index in [1.165, 1.54) is 6.07 Å². The minimum absolute atomic E-state index is 0.0717. The first-order valence-corrected chi connectivity index (χ1v) is 7.30. The van der Waals surface area contributed by atoms with Gasteiger partial charge in [-0.3, -0.25) is 9.69 Å². The van der Waals surface area contributed by atoms with Gasteiger partial charge in [0.05, 0.1) is 5.54 Å². The Bertz CT molecular complexity index is 491. The average molecular weight is 281 g/mol. The van der Waals surface area contributed by atoms with E-state index >= 15 is 0 Å². The standard InChI is InChI=1S/C16H21F2NO/c1-3-19(4-2)16(9-5-6-10-16)15(20)12-7-8-13(17)14(18)11-12/h7-8,11H,3-6,9-10H2,1-2H3. The first kappa shape index (κ1) is 15.1. The van der Waals surface area contributed by atoms with Gasteiger partial charge < -0.3 is 0 Å². The Hall–Kier alpha value is -1.29. The number of benzene rings is 1. The normalized spacial score (nSPS) is 17.6. The Balaban J connectivity index is 2.38. The lowest BCUT2D eigenvalue weighted by Crippen LogP contribution is -2.52. The number of nitrogens with zero attached hydrogens (tertiary/aromatic N) is 1. The van der Waals surface area contributed by atoms with Crippen LogP contribution >= 0.6 is 0 Å². The summed E-state index contributed by atoms with van der Waals surface area (Å²) in [6.07, 6.45) is 3.61. The van der Waals surface area contributed by atoms with Crippen molar-refractivity contribution in [2.75, 3.05) is 13.1 Å². The third kappa shape index (κ3) is 2.49. The molecule has 20 heavy (non-hydrogen) atoms. The lowest BCUT2D eigenvalue weighted by Gasteiger charge is -2.39. The van der Waals surface area contributed by atoms with Crippen LogP contribution in [0.4, 0.5) is 8.78 Å². The maximum atomic E-state index is 13.4. The topological polar surface area (TPSA) is 20.3 Å². The summed E-state index contributed by atoms with van der Waals surface area (Å²) < 4.78 is 26.4. The number of carbonyl (C=O) groups excluding carboxylic acids is 1. The van der Waals surface area contributed by atoms with Gasteiger partial charge >= 0.3 is 0 Å². The summed E-state index contributed by atoms with van der Waals surface area (Å²) in [4.78, 5) is 15.0. The van der Waals surface area contributed by atoms with Crippen molar-refractivity contribution in [2.24, 2.45) is 0 Å². The second-order valence-corrected chi connectivity index (χ2v) is 5.37. The van der Waals surface area contributed by atoms with E-state index in [-0.39, 0.29) is 11.3 Å². The van der Waals surface area contributed by atoms with Crippen molar-refractivity contribution in [3.05, 3.63) is 35.4 Å². The van der Waals surface area contributed by atoms with Gasteiger partial charge in [-0.15, -0.1) is 0 Å². The summed E-state index contributed by atoms with van der Waals surface area (Å²) >= 11 is 0. The van der Waals surface area contributed by atoms with E-state index < -0.39 is 17.2 Å². The molecule has 4 heteroatoms. The molecule has 2 rings (SSSR count). The molecule has 0 aromatic heterocycles. The van der Waals surface area contributed by atoms with Crippen LogP contribution in [0.1, 0.15) is 49.9 Å². The second-order valence-electron chi connectivity index (χ2n) is 5.37. The van der Waals surface area contributed by atoms with Crippen LogP contribution in [0.2, 0.25) is 0 Å². The second kappa shape index (κ2) is 6.00. The molecule has 1 aromatic rings. The van der Waals surface area contributed by atoms with E-state index in [9.17, 15) is 13.6 Å². The molecule has 0 aliphatic heterocycles. The Morgan fingerprint density at radius 2 is 1.75 bits per heavy atom. The van der Waals surface area contributed by atoms with Crippen molar-refractivity contribution in [1.82, 2.24) is 4.90 Å². The molecular weight excluding hydrogens is 260 g/mol. The predicted octanol–water partition coefficient (Wildman–Crippen LogP) is 3.80. The van der Waals surface area contributed by atoms with Crippen LogP contribution in [0.25, 0.3) is 0 Å². The fraction of sp³-hybridized carbons (Fsp3) is 0.562. The molecule has 0 saturated heterocycles. The van der Waals surface area contributed by atoms with Crippen molar-refractivity contribution in [2.45, 2.75) is 45.1 Å². The summed E-state index contributed by atoms with van der Waals surface area (Å²) in [7, 11) is 0. The highest BCUT2D eigenvalue weighted by Gasteiger charge is 2.45. The van der Waals surface area contributed by atoms with Gasteiger partial charge in [-0.1, -0.05) is 26.7 Å². The van der Waals surface area contributed by atoms with Crippen LogP contribution in [0.5, 0.6) is 0 Å². The number of rotatable bonds is 5. The van der Waals surface area contributed by atoms with Crippen LogP contribution in [-0.4, -0.2) is 29.3 Å². The molecule has 1 aromatic carbocycles. The minimum Gasteiger partial charge on any atom is -0.292 e. The van der Waals surface area contributed by atoms with Crippen molar-refractivity contribution < 1.29 is 13.6 Å². The summed E-state index contributed by atoms with van der Waals surface area (Å²) in [6.45, 7) is 5.63. The molecule has 0 heterocycles. The molecule has 0 N–H and O–H groups in total. The monoisotopic (exact) mass is 281 g/mol. The Labute approximate surface area is 118 Å². The van der Waals surface area contributed by atoms with Crippen molar-refractivity contribution in [1.29, 1.82) is 0 Å². The fourth-order valence-electron chi connectivity index (χ4n) is 3.38. The zero-order valence-corrected chi connectivity index (χ0v) is 12.1. The fourth-order valence-corrected chi connectivity index (χ4v) is 3.38. The first-order valence-electron chi connectivity index (χ1n) is 7.30. The van der Waals surface area contributed by atoms with Crippen molar-refractivity contribution in [3.8, 4) is 0 Å². The molecule has 2 nitrogen and oxygen atoms in total. The highest BCUT2D eigenvalue weighted by atomic mass is 19.2. The van der Waals surface area contributed by atoms with Crippen LogP contribution in [0.15, 0.2) is 18.2 Å². The summed E-state index contributed by atoms with van der Waals surface area (Å²) in [5, 5.41) is 0. The minimum atomic E-state index is -0.955. The van der Waals surface area contributed by atoms with Crippen LogP contribution in [0, 0.1) is 11.6 Å². The van der Waals surface area contributed by atoms with E-state index in [2.05, 4.69) is 4.90 Å². The van der Waals surface area contributed by atoms with Crippen LogP contribution < -0.4 is 0 Å². The van der Waals surface area contributed by atoms with Crippen LogP contribution in [0.3, 0.4) is 0 Å². The van der Waals surface area contributed by atoms with Gasteiger partial charge in [0.25, 0.3) is 0 Å². The highest BCUT2D eigenvalue weighted by molar-refractivity contribution is 6.03. The molecule has 0 unspecified atom stereocenters. The molecule has 110 valence electrons. The Morgan fingerprint density at radius 1 is 1.15 bits per heavy atom. The molecule has 0 bridgehead atoms. The van der Waals surface area contributed by atoms with Gasteiger partial charge in [0.1, 0.15) is 0 Å². The number of likely N-dealkylation sites (N-methyl/N-ethyl adjacent to an activating group) is 1. The molecule has 0 amide bonds. The molecular formula is C16H21F2NO. The zero-order valence-electron chi connectivity index (χ0n) is 12.1. The number of hydrogen-bond donors (Lipinski definition) is 0. The first-order chi connectivity index (χ1) is 9.55. The quantitative estimate of drug-likeness (QED) is 0.765. The predicted molar refractivity (Wildman–Crippen MR) is 74.8 cm³/mol. The molecule has 0 spiro atoms. The SMILES string of the molecule is CCN(CC)C1(C(=O)c2ccc(F)c(F)c2)CCCC1. The maximum absolute atomic E-state index is 13.4. The average Bonchev–Trinajstić information content (AvgIpc) is 2.93. The van der Waals surface area contributed by atoms with Gasteiger partial charge in [-0.25, -0.2) is 8.78 Å². The summed E-state index contributed by atoms with van der Waals surface area (Å²) in [5.74, 6) is -1.94. The third-order valence-electron chi connectivity index (χ3n) is 4.40. The highest BCUT2D eigenvalue weighted by Crippen LogP contribution is 2.38. The molecule has 1 aliphatic carbocycles. The van der Waals surface area contributed by atoms with E-state index in [0.717, 1.165) is 50.9 Å². The molecule has 1 aliphatic rings. The van der Waals surface area contributed by atoms with E-state index in [1.807, 2.05) is 13.8 Å². The maximum Gasteiger partial charge on any atom is 0.183 e.